The molecule has 5 rings (SSSR count). The van der Waals surface area contributed by atoms with Crippen LogP contribution in [0.25, 0.3) is 10.8 Å². The van der Waals surface area contributed by atoms with Gasteiger partial charge in [0.2, 0.25) is 0 Å². The van der Waals surface area contributed by atoms with Crippen molar-refractivity contribution >= 4 is 16.6 Å². The molecule has 0 radical (unpaired) electrons. The lowest BCUT2D eigenvalue weighted by Gasteiger charge is -2.32. The molecule has 0 aliphatic carbocycles. The summed E-state index contributed by atoms with van der Waals surface area (Å²) in [6.07, 6.45) is 8.75. The molecule has 2 saturated heterocycles. The van der Waals surface area contributed by atoms with Crippen LogP contribution in [0.4, 0.5) is 5.82 Å². The Morgan fingerprint density at radius 2 is 1.61 bits per heavy atom. The number of benzene rings is 2. The number of piperidine rings is 1. The highest BCUT2D eigenvalue weighted by Crippen LogP contribution is 2.29. The maximum Gasteiger partial charge on any atom is 0.156 e. The summed E-state index contributed by atoms with van der Waals surface area (Å²) in [7, 11) is 3.38. The van der Waals surface area contributed by atoms with Crippen molar-refractivity contribution in [3.63, 3.8) is 0 Å². The van der Waals surface area contributed by atoms with Crippen LogP contribution < -0.4 is 10.1 Å². The van der Waals surface area contributed by atoms with Crippen LogP contribution in [-0.2, 0) is 24.3 Å². The zero-order valence-corrected chi connectivity index (χ0v) is 23.1. The largest absolute Gasteiger partial charge is 0.497 e. The summed E-state index contributed by atoms with van der Waals surface area (Å²) >= 11 is 0. The first-order valence-electron chi connectivity index (χ1n) is 14.3. The zero-order valence-electron chi connectivity index (χ0n) is 23.1. The van der Waals surface area contributed by atoms with E-state index in [1.807, 2.05) is 18.2 Å². The number of anilines is 1. The number of ether oxygens (including phenoxy) is 2. The zero-order chi connectivity index (χ0) is 26.2. The van der Waals surface area contributed by atoms with Crippen LogP contribution in [0.5, 0.6) is 5.75 Å². The monoisotopic (exact) mass is 517 g/mol. The van der Waals surface area contributed by atoms with Gasteiger partial charge in [-0.1, -0.05) is 24.3 Å². The van der Waals surface area contributed by atoms with Crippen molar-refractivity contribution in [2.75, 3.05) is 52.3 Å². The molecule has 1 N–H and O–H groups in total. The summed E-state index contributed by atoms with van der Waals surface area (Å²) in [5, 5.41) is 14.7. The molecule has 0 unspecified atom stereocenters. The predicted molar refractivity (Wildman–Crippen MR) is 154 cm³/mol. The van der Waals surface area contributed by atoms with Crippen LogP contribution in [0.1, 0.15) is 55.3 Å². The minimum atomic E-state index is 0.381. The van der Waals surface area contributed by atoms with E-state index in [0.717, 1.165) is 60.5 Å². The van der Waals surface area contributed by atoms with Gasteiger partial charge < -0.3 is 19.7 Å². The van der Waals surface area contributed by atoms with Gasteiger partial charge in [0.1, 0.15) is 5.75 Å². The normalized spacial score (nSPS) is 17.3. The number of aryl methyl sites for hydroxylation is 1. The first-order chi connectivity index (χ1) is 18.7. The lowest BCUT2D eigenvalue weighted by atomic mass is 10.0. The van der Waals surface area contributed by atoms with E-state index in [9.17, 15) is 0 Å². The lowest BCUT2D eigenvalue weighted by molar-refractivity contribution is 0.182. The lowest BCUT2D eigenvalue weighted by Crippen LogP contribution is -2.38. The molecule has 2 fully saturated rings. The fourth-order valence-corrected chi connectivity index (χ4v) is 5.84. The smallest absolute Gasteiger partial charge is 0.156 e. The van der Waals surface area contributed by atoms with Crippen molar-refractivity contribution in [2.24, 2.45) is 0 Å². The Hall–Kier alpha value is -2.74. The quantitative estimate of drug-likeness (QED) is 0.328. The van der Waals surface area contributed by atoms with Crippen molar-refractivity contribution in [3.05, 3.63) is 59.3 Å². The number of fused-ring (bicyclic) bond motifs is 1. The third-order valence-electron chi connectivity index (χ3n) is 8.09. The molecule has 0 saturated carbocycles. The fourth-order valence-electron chi connectivity index (χ4n) is 5.84. The van der Waals surface area contributed by atoms with Crippen LogP contribution >= 0.6 is 0 Å². The van der Waals surface area contributed by atoms with E-state index in [0.29, 0.717) is 12.6 Å². The molecule has 3 heterocycles. The molecule has 1 aromatic heterocycles. The van der Waals surface area contributed by atoms with Gasteiger partial charge in [-0.3, -0.25) is 4.90 Å². The molecule has 7 heteroatoms. The Labute approximate surface area is 227 Å². The Balaban J connectivity index is 1.10. The van der Waals surface area contributed by atoms with Gasteiger partial charge in [0, 0.05) is 43.6 Å². The molecule has 3 aromatic rings. The molecule has 204 valence electrons. The van der Waals surface area contributed by atoms with E-state index < -0.39 is 0 Å². The number of hydrogen-bond acceptors (Lipinski definition) is 7. The maximum absolute atomic E-state index is 5.47. The molecule has 38 heavy (non-hydrogen) atoms. The van der Waals surface area contributed by atoms with Gasteiger partial charge in [0.15, 0.2) is 5.82 Å². The number of hydrogen-bond donors (Lipinski definition) is 1. The predicted octanol–water partition coefficient (Wildman–Crippen LogP) is 5.28. The second kappa shape index (κ2) is 13.4. The van der Waals surface area contributed by atoms with Crippen molar-refractivity contribution < 1.29 is 9.47 Å². The van der Waals surface area contributed by atoms with E-state index in [1.54, 1.807) is 14.2 Å². The summed E-state index contributed by atoms with van der Waals surface area (Å²) in [4.78, 5) is 5.19. The van der Waals surface area contributed by atoms with E-state index >= 15 is 0 Å². The van der Waals surface area contributed by atoms with Gasteiger partial charge in [-0.2, -0.15) is 5.10 Å². The number of likely N-dealkylation sites (tertiary alicyclic amines) is 2. The summed E-state index contributed by atoms with van der Waals surface area (Å²) < 4.78 is 10.8. The van der Waals surface area contributed by atoms with Gasteiger partial charge in [-0.15, -0.1) is 5.10 Å². The molecule has 2 aromatic carbocycles. The number of aromatic nitrogens is 2. The Kier molecular flexibility index (Phi) is 9.44. The number of nitrogens with zero attached hydrogens (tertiary/aromatic N) is 4. The Morgan fingerprint density at radius 1 is 0.842 bits per heavy atom. The average molecular weight is 518 g/mol. The summed E-state index contributed by atoms with van der Waals surface area (Å²) in [5.74, 6) is 1.65. The number of methoxy groups -OCH3 is 2. The van der Waals surface area contributed by atoms with Crippen LogP contribution in [0.15, 0.2) is 42.5 Å². The van der Waals surface area contributed by atoms with Crippen molar-refractivity contribution in [3.8, 4) is 5.75 Å². The molecule has 2 aliphatic heterocycles. The SMILES string of the molecule is COCc1nnc(NC2CCN(Cc3ccc(CCCCN4CCCC4)cc3)CC2)c2cc(OC)ccc12. The van der Waals surface area contributed by atoms with Crippen LogP contribution in [-0.4, -0.2) is 73.0 Å². The van der Waals surface area contributed by atoms with E-state index in [-0.39, 0.29) is 0 Å². The van der Waals surface area contributed by atoms with Gasteiger partial charge in [-0.25, -0.2) is 0 Å². The second-order valence-corrected chi connectivity index (χ2v) is 10.9. The average Bonchev–Trinajstić information content (AvgIpc) is 3.48. The third kappa shape index (κ3) is 7.01. The van der Waals surface area contributed by atoms with Gasteiger partial charge >= 0.3 is 0 Å². The minimum Gasteiger partial charge on any atom is -0.497 e. The topological polar surface area (TPSA) is 62.8 Å². The molecule has 0 amide bonds. The van der Waals surface area contributed by atoms with E-state index in [4.69, 9.17) is 9.47 Å². The van der Waals surface area contributed by atoms with E-state index in [1.165, 1.54) is 62.9 Å². The first-order valence-corrected chi connectivity index (χ1v) is 14.3. The summed E-state index contributed by atoms with van der Waals surface area (Å²) in [5.41, 5.74) is 3.73. The molecular formula is C31H43N5O2. The minimum absolute atomic E-state index is 0.381. The summed E-state index contributed by atoms with van der Waals surface area (Å²) in [6.45, 7) is 7.51. The van der Waals surface area contributed by atoms with Crippen molar-refractivity contribution in [2.45, 2.75) is 64.1 Å². The molecular weight excluding hydrogens is 474 g/mol. The molecule has 0 atom stereocenters. The fraction of sp³-hybridized carbons (Fsp3) is 0.548. The van der Waals surface area contributed by atoms with Crippen LogP contribution in [0.3, 0.4) is 0 Å². The number of rotatable bonds is 12. The van der Waals surface area contributed by atoms with E-state index in [2.05, 4.69) is 49.6 Å². The second-order valence-electron chi connectivity index (χ2n) is 10.9. The highest BCUT2D eigenvalue weighted by molar-refractivity contribution is 5.94. The highest BCUT2D eigenvalue weighted by Gasteiger charge is 2.21. The summed E-state index contributed by atoms with van der Waals surface area (Å²) in [6, 6.07) is 15.8. The Bertz CT molecular complexity index is 1150. The Morgan fingerprint density at radius 3 is 2.34 bits per heavy atom. The maximum atomic E-state index is 5.47. The van der Waals surface area contributed by atoms with Crippen LogP contribution in [0.2, 0.25) is 0 Å². The van der Waals surface area contributed by atoms with Gasteiger partial charge in [0.05, 0.1) is 19.4 Å². The van der Waals surface area contributed by atoms with Crippen LogP contribution in [0, 0.1) is 0 Å². The first kappa shape index (κ1) is 26.9. The molecule has 0 bridgehead atoms. The molecule has 2 aliphatic rings. The highest BCUT2D eigenvalue weighted by atomic mass is 16.5. The molecule has 0 spiro atoms. The van der Waals surface area contributed by atoms with Gasteiger partial charge in [-0.05, 0) is 93.9 Å². The van der Waals surface area contributed by atoms with Gasteiger partial charge in [0.25, 0.3) is 0 Å². The number of unbranched alkanes of at least 4 members (excludes halogenated alkanes) is 1. The molecule has 7 nitrogen and oxygen atoms in total. The third-order valence-corrected chi connectivity index (χ3v) is 8.09. The standard InChI is InChI=1S/C31H43N5O2/c1-37-23-30-28-13-12-27(38-2)21-29(28)31(34-33-30)32-26-14-19-36(20-15-26)22-25-10-8-24(9-11-25)7-3-4-16-35-17-5-6-18-35/h8-13,21,26H,3-7,14-20,22-23H2,1-2H3,(H,32,34). The van der Waals surface area contributed by atoms with Crippen molar-refractivity contribution in [1.29, 1.82) is 0 Å². The number of nitrogens with one attached hydrogen (secondary N) is 1. The van der Waals surface area contributed by atoms with Crippen molar-refractivity contribution in [1.82, 2.24) is 20.0 Å².